The van der Waals surface area contributed by atoms with Crippen LogP contribution >= 0.6 is 0 Å². The third kappa shape index (κ3) is 2.71. The first-order chi connectivity index (χ1) is 7.36. The van der Waals surface area contributed by atoms with E-state index >= 15 is 0 Å². The highest BCUT2D eigenvalue weighted by Gasteiger charge is 2.37. The van der Waals surface area contributed by atoms with Crippen LogP contribution in [-0.2, 0) is 4.74 Å². The van der Waals surface area contributed by atoms with Gasteiger partial charge in [-0.15, -0.1) is 0 Å². The number of likely N-dealkylation sites (N-methyl/N-ethyl adjacent to an activating group) is 2. The Bertz CT molecular complexity index is 192. The molecule has 1 heterocycles. The molecule has 3 nitrogen and oxygen atoms in total. The van der Waals surface area contributed by atoms with Crippen molar-refractivity contribution in [1.82, 2.24) is 10.2 Å². The summed E-state index contributed by atoms with van der Waals surface area (Å²) in [6, 6.07) is 2.10. The van der Waals surface area contributed by atoms with Gasteiger partial charge in [0, 0.05) is 24.7 Å². The Morgan fingerprint density at radius 1 is 1.27 bits per heavy atom. The second kappa shape index (κ2) is 5.28. The summed E-state index contributed by atoms with van der Waals surface area (Å²) in [5.74, 6) is 0. The minimum absolute atomic E-state index is 0.608. The van der Waals surface area contributed by atoms with E-state index in [-0.39, 0.29) is 0 Å². The smallest absolute Gasteiger partial charge is 0.0637 e. The standard InChI is InChI=1S/C12H24N2O/c1-3-13-11-7-8-15-9-12(11)14(4-2)10-5-6-10/h10-13H,3-9H2,1-2H3. The van der Waals surface area contributed by atoms with E-state index in [1.807, 2.05) is 0 Å². The molecule has 1 saturated heterocycles. The minimum atomic E-state index is 0.608. The Hall–Kier alpha value is -0.120. The zero-order valence-electron chi connectivity index (χ0n) is 10.0. The molecule has 2 fully saturated rings. The molecule has 0 amide bonds. The maximum absolute atomic E-state index is 5.64. The van der Waals surface area contributed by atoms with Crippen LogP contribution in [0.2, 0.25) is 0 Å². The van der Waals surface area contributed by atoms with Crippen molar-refractivity contribution in [3.63, 3.8) is 0 Å². The molecular formula is C12H24N2O. The maximum Gasteiger partial charge on any atom is 0.0637 e. The molecular weight excluding hydrogens is 188 g/mol. The summed E-state index contributed by atoms with van der Waals surface area (Å²) in [4.78, 5) is 2.65. The Labute approximate surface area is 93.2 Å². The van der Waals surface area contributed by atoms with E-state index in [0.29, 0.717) is 12.1 Å². The average Bonchev–Trinajstić information content (AvgIpc) is 3.06. The lowest BCUT2D eigenvalue weighted by atomic mass is 10.0. The van der Waals surface area contributed by atoms with Gasteiger partial charge in [-0.3, -0.25) is 4.90 Å². The molecule has 1 aliphatic carbocycles. The molecule has 0 bridgehead atoms. The van der Waals surface area contributed by atoms with Crippen molar-refractivity contribution in [3.05, 3.63) is 0 Å². The van der Waals surface area contributed by atoms with Gasteiger partial charge in [0.15, 0.2) is 0 Å². The Balaban J connectivity index is 1.95. The van der Waals surface area contributed by atoms with Crippen molar-refractivity contribution in [2.24, 2.45) is 0 Å². The predicted octanol–water partition coefficient (Wildman–Crippen LogP) is 1.24. The molecule has 2 aliphatic rings. The van der Waals surface area contributed by atoms with Crippen molar-refractivity contribution < 1.29 is 4.74 Å². The lowest BCUT2D eigenvalue weighted by molar-refractivity contribution is -0.00425. The average molecular weight is 212 g/mol. The number of ether oxygens (including phenoxy) is 1. The third-order valence-corrected chi connectivity index (χ3v) is 3.60. The molecule has 0 aromatic heterocycles. The van der Waals surface area contributed by atoms with Gasteiger partial charge in [0.25, 0.3) is 0 Å². The van der Waals surface area contributed by atoms with Crippen LogP contribution in [0.25, 0.3) is 0 Å². The molecule has 0 aromatic rings. The Morgan fingerprint density at radius 3 is 2.67 bits per heavy atom. The second-order valence-corrected chi connectivity index (χ2v) is 4.66. The summed E-state index contributed by atoms with van der Waals surface area (Å²) in [7, 11) is 0. The van der Waals surface area contributed by atoms with Crippen molar-refractivity contribution in [1.29, 1.82) is 0 Å². The molecule has 0 radical (unpaired) electrons. The topological polar surface area (TPSA) is 24.5 Å². The Morgan fingerprint density at radius 2 is 2.07 bits per heavy atom. The normalized spacial score (nSPS) is 32.2. The largest absolute Gasteiger partial charge is 0.380 e. The van der Waals surface area contributed by atoms with E-state index in [4.69, 9.17) is 4.74 Å². The first kappa shape index (κ1) is 11.4. The highest BCUT2D eigenvalue weighted by molar-refractivity contribution is 4.94. The first-order valence-electron chi connectivity index (χ1n) is 6.43. The van der Waals surface area contributed by atoms with Gasteiger partial charge in [-0.05, 0) is 32.4 Å². The van der Waals surface area contributed by atoms with Crippen LogP contribution in [0.4, 0.5) is 0 Å². The van der Waals surface area contributed by atoms with E-state index < -0.39 is 0 Å². The van der Waals surface area contributed by atoms with Crippen LogP contribution in [0.15, 0.2) is 0 Å². The molecule has 15 heavy (non-hydrogen) atoms. The van der Waals surface area contributed by atoms with E-state index in [1.54, 1.807) is 0 Å². The quantitative estimate of drug-likeness (QED) is 0.742. The van der Waals surface area contributed by atoms with Crippen LogP contribution in [-0.4, -0.2) is 49.3 Å². The zero-order chi connectivity index (χ0) is 10.7. The van der Waals surface area contributed by atoms with Crippen molar-refractivity contribution >= 4 is 0 Å². The number of rotatable bonds is 5. The summed E-state index contributed by atoms with van der Waals surface area (Å²) in [6.45, 7) is 8.55. The van der Waals surface area contributed by atoms with Gasteiger partial charge >= 0.3 is 0 Å². The molecule has 0 spiro atoms. The molecule has 3 heteroatoms. The van der Waals surface area contributed by atoms with Crippen molar-refractivity contribution in [2.75, 3.05) is 26.3 Å². The van der Waals surface area contributed by atoms with Crippen LogP contribution in [0.3, 0.4) is 0 Å². The SMILES string of the molecule is CCNC1CCOCC1N(CC)C1CC1. The Kier molecular flexibility index (Phi) is 4.00. The van der Waals surface area contributed by atoms with Crippen LogP contribution < -0.4 is 5.32 Å². The number of hydrogen-bond donors (Lipinski definition) is 1. The molecule has 1 aliphatic heterocycles. The van der Waals surface area contributed by atoms with Gasteiger partial charge in [0.05, 0.1) is 6.61 Å². The molecule has 0 aromatic carbocycles. The van der Waals surface area contributed by atoms with Crippen LogP contribution in [0, 0.1) is 0 Å². The lowest BCUT2D eigenvalue weighted by Crippen LogP contribution is -2.56. The van der Waals surface area contributed by atoms with Gasteiger partial charge in [0.1, 0.15) is 0 Å². The summed E-state index contributed by atoms with van der Waals surface area (Å²) >= 11 is 0. The van der Waals surface area contributed by atoms with Gasteiger partial charge in [-0.25, -0.2) is 0 Å². The van der Waals surface area contributed by atoms with E-state index in [0.717, 1.165) is 25.8 Å². The molecule has 2 rings (SSSR count). The van der Waals surface area contributed by atoms with Gasteiger partial charge in [0.2, 0.25) is 0 Å². The fraction of sp³-hybridized carbons (Fsp3) is 1.00. The van der Waals surface area contributed by atoms with E-state index in [1.165, 1.54) is 25.8 Å². The zero-order valence-corrected chi connectivity index (χ0v) is 10.0. The fourth-order valence-corrected chi connectivity index (χ4v) is 2.72. The van der Waals surface area contributed by atoms with Gasteiger partial charge in [-0.2, -0.15) is 0 Å². The molecule has 1 N–H and O–H groups in total. The number of nitrogens with zero attached hydrogens (tertiary/aromatic N) is 1. The molecule has 1 saturated carbocycles. The van der Waals surface area contributed by atoms with Crippen molar-refractivity contribution in [2.45, 2.75) is 51.2 Å². The van der Waals surface area contributed by atoms with Gasteiger partial charge < -0.3 is 10.1 Å². The van der Waals surface area contributed by atoms with Crippen molar-refractivity contribution in [3.8, 4) is 0 Å². The minimum Gasteiger partial charge on any atom is -0.380 e. The number of hydrogen-bond acceptors (Lipinski definition) is 3. The van der Waals surface area contributed by atoms with Crippen LogP contribution in [0.5, 0.6) is 0 Å². The molecule has 2 unspecified atom stereocenters. The fourth-order valence-electron chi connectivity index (χ4n) is 2.72. The summed E-state index contributed by atoms with van der Waals surface area (Å²) in [5, 5.41) is 3.61. The summed E-state index contributed by atoms with van der Waals surface area (Å²) < 4.78 is 5.64. The monoisotopic (exact) mass is 212 g/mol. The maximum atomic E-state index is 5.64. The first-order valence-corrected chi connectivity index (χ1v) is 6.43. The molecule has 88 valence electrons. The molecule has 2 atom stereocenters. The highest BCUT2D eigenvalue weighted by Crippen LogP contribution is 2.30. The van der Waals surface area contributed by atoms with Gasteiger partial charge in [-0.1, -0.05) is 13.8 Å². The lowest BCUT2D eigenvalue weighted by Gasteiger charge is -2.40. The summed E-state index contributed by atoms with van der Waals surface area (Å²) in [5.41, 5.74) is 0. The van der Waals surface area contributed by atoms with Crippen LogP contribution in [0.1, 0.15) is 33.1 Å². The number of nitrogens with one attached hydrogen (secondary N) is 1. The second-order valence-electron chi connectivity index (χ2n) is 4.66. The van der Waals surface area contributed by atoms with E-state index in [9.17, 15) is 0 Å². The van der Waals surface area contributed by atoms with E-state index in [2.05, 4.69) is 24.1 Å². The predicted molar refractivity (Wildman–Crippen MR) is 62.1 cm³/mol. The highest BCUT2D eigenvalue weighted by atomic mass is 16.5. The summed E-state index contributed by atoms with van der Waals surface area (Å²) in [6.07, 6.45) is 3.95. The third-order valence-electron chi connectivity index (χ3n) is 3.60.